The lowest BCUT2D eigenvalue weighted by Gasteiger charge is -2.36. The van der Waals surface area contributed by atoms with Gasteiger partial charge in [0.1, 0.15) is 5.60 Å². The smallest absolute Gasteiger partial charge is 0.416 e. The van der Waals surface area contributed by atoms with Gasteiger partial charge in [0, 0.05) is 24.4 Å². The summed E-state index contributed by atoms with van der Waals surface area (Å²) in [6.45, 7) is 6.34. The van der Waals surface area contributed by atoms with Crippen molar-refractivity contribution in [1.82, 2.24) is 9.97 Å². The number of alkyl halides is 1. The molecular formula is C21H24Cl2FN3O3. The summed E-state index contributed by atoms with van der Waals surface area (Å²) in [4.78, 5) is 21.7. The molecule has 0 spiro atoms. The number of hydrogen-bond donors (Lipinski definition) is 0. The number of anilines is 1. The van der Waals surface area contributed by atoms with Crippen LogP contribution >= 0.6 is 23.2 Å². The number of carbonyl (C=O) groups excluding carboxylic acids is 1. The van der Waals surface area contributed by atoms with Gasteiger partial charge in [0.25, 0.3) is 0 Å². The fourth-order valence-electron chi connectivity index (χ4n) is 3.11. The average molecular weight is 456 g/mol. The normalized spacial score (nSPS) is 19.4. The zero-order chi connectivity index (χ0) is 21.9. The molecule has 1 unspecified atom stereocenters. The molecule has 30 heavy (non-hydrogen) atoms. The van der Waals surface area contributed by atoms with Crippen molar-refractivity contribution >= 4 is 35.1 Å². The molecule has 2 aromatic heterocycles. The molecule has 0 radical (unpaired) electrons. The maximum atomic E-state index is 13.6. The number of rotatable bonds is 4. The first kappa shape index (κ1) is 22.7. The minimum absolute atomic E-state index is 0.102. The van der Waals surface area contributed by atoms with Crippen LogP contribution in [0.3, 0.4) is 0 Å². The van der Waals surface area contributed by atoms with Gasteiger partial charge in [-0.05, 0) is 51.8 Å². The second kappa shape index (κ2) is 9.04. The molecule has 1 amide bonds. The summed E-state index contributed by atoms with van der Waals surface area (Å²) in [7, 11) is 0. The van der Waals surface area contributed by atoms with Crippen LogP contribution in [0, 0.1) is 5.95 Å². The Balaban J connectivity index is 2.01. The second-order valence-electron chi connectivity index (χ2n) is 8.24. The second-order valence-corrected chi connectivity index (χ2v) is 9.45. The molecule has 0 bridgehead atoms. The lowest BCUT2D eigenvalue weighted by molar-refractivity contribution is 0.0514. The molecule has 3 heterocycles. The van der Waals surface area contributed by atoms with Crippen molar-refractivity contribution in [3.8, 4) is 11.3 Å². The molecule has 2 aromatic rings. The first-order chi connectivity index (χ1) is 14.1. The molecule has 1 saturated heterocycles. The predicted octanol–water partition coefficient (Wildman–Crippen LogP) is 5.47. The number of pyridine rings is 2. The van der Waals surface area contributed by atoms with Gasteiger partial charge in [0.05, 0.1) is 28.7 Å². The summed E-state index contributed by atoms with van der Waals surface area (Å²) in [6.07, 6.45) is 2.17. The summed E-state index contributed by atoms with van der Waals surface area (Å²) in [5.74, 6) is -0.444. The van der Waals surface area contributed by atoms with E-state index < -0.39 is 22.5 Å². The molecule has 0 saturated carbocycles. The summed E-state index contributed by atoms with van der Waals surface area (Å²) in [5, 5.41) is 0.246. The van der Waals surface area contributed by atoms with E-state index in [0.717, 1.165) is 6.42 Å². The highest BCUT2D eigenvalue weighted by Gasteiger charge is 2.37. The van der Waals surface area contributed by atoms with E-state index in [1.165, 1.54) is 17.2 Å². The maximum Gasteiger partial charge on any atom is 0.416 e. The van der Waals surface area contributed by atoms with Gasteiger partial charge in [0.2, 0.25) is 5.95 Å². The highest BCUT2D eigenvalue weighted by Crippen LogP contribution is 2.34. The van der Waals surface area contributed by atoms with E-state index in [1.807, 2.05) is 0 Å². The highest BCUT2D eigenvalue weighted by atomic mass is 35.5. The Bertz CT molecular complexity index is 915. The van der Waals surface area contributed by atoms with Crippen LogP contribution < -0.4 is 4.90 Å². The van der Waals surface area contributed by atoms with Crippen LogP contribution in [-0.4, -0.2) is 46.3 Å². The monoisotopic (exact) mass is 455 g/mol. The number of amides is 1. The lowest BCUT2D eigenvalue weighted by atomic mass is 10.0. The van der Waals surface area contributed by atoms with Gasteiger partial charge in [-0.1, -0.05) is 11.6 Å². The fourth-order valence-corrected chi connectivity index (χ4v) is 3.65. The van der Waals surface area contributed by atoms with E-state index in [4.69, 9.17) is 32.7 Å². The van der Waals surface area contributed by atoms with Gasteiger partial charge in [-0.15, -0.1) is 11.6 Å². The van der Waals surface area contributed by atoms with Crippen molar-refractivity contribution in [2.75, 3.05) is 24.7 Å². The number of nitrogens with zero attached hydrogens (tertiary/aromatic N) is 3. The van der Waals surface area contributed by atoms with Gasteiger partial charge in [-0.2, -0.15) is 4.39 Å². The Labute approximate surface area is 185 Å². The lowest BCUT2D eigenvalue weighted by Crippen LogP contribution is -2.49. The van der Waals surface area contributed by atoms with Crippen LogP contribution in [0.4, 0.5) is 15.0 Å². The third-order valence-electron chi connectivity index (χ3n) is 4.44. The molecule has 6 nitrogen and oxygen atoms in total. The van der Waals surface area contributed by atoms with Crippen LogP contribution in [0.2, 0.25) is 5.02 Å². The van der Waals surface area contributed by atoms with Crippen molar-refractivity contribution in [1.29, 1.82) is 0 Å². The Morgan fingerprint density at radius 3 is 2.77 bits per heavy atom. The maximum absolute atomic E-state index is 13.6. The number of hydrogen-bond acceptors (Lipinski definition) is 5. The topological polar surface area (TPSA) is 64.5 Å². The molecule has 1 fully saturated rings. The molecule has 1 aliphatic heterocycles. The van der Waals surface area contributed by atoms with E-state index in [1.54, 1.807) is 39.0 Å². The van der Waals surface area contributed by atoms with Crippen molar-refractivity contribution in [3.63, 3.8) is 0 Å². The zero-order valence-corrected chi connectivity index (χ0v) is 18.6. The van der Waals surface area contributed by atoms with Crippen LogP contribution in [0.15, 0.2) is 30.5 Å². The SMILES string of the molecule is CC(C)(C)OC(=O)N(CC1(Cl)CCCOC1)c1nc(-c2ccnc(F)c2)ccc1Cl. The van der Waals surface area contributed by atoms with Crippen LogP contribution in [0.5, 0.6) is 0 Å². The molecule has 9 heteroatoms. The van der Waals surface area contributed by atoms with Crippen molar-refractivity contribution in [3.05, 3.63) is 41.4 Å². The highest BCUT2D eigenvalue weighted by molar-refractivity contribution is 6.33. The van der Waals surface area contributed by atoms with Gasteiger partial charge in [0.15, 0.2) is 5.82 Å². The molecule has 0 N–H and O–H groups in total. The Hall–Kier alpha value is -1.96. The number of carbonyl (C=O) groups is 1. The summed E-state index contributed by atoms with van der Waals surface area (Å²) in [5.41, 5.74) is 0.217. The largest absolute Gasteiger partial charge is 0.443 e. The minimum Gasteiger partial charge on any atom is -0.443 e. The van der Waals surface area contributed by atoms with E-state index >= 15 is 0 Å². The Kier molecular flexibility index (Phi) is 6.84. The molecule has 0 aliphatic carbocycles. The first-order valence-electron chi connectivity index (χ1n) is 9.62. The number of halogens is 3. The molecule has 1 atom stereocenters. The third kappa shape index (κ3) is 5.80. The van der Waals surface area contributed by atoms with Gasteiger partial charge < -0.3 is 9.47 Å². The van der Waals surface area contributed by atoms with Crippen LogP contribution in [0.25, 0.3) is 11.3 Å². The Morgan fingerprint density at radius 2 is 2.13 bits per heavy atom. The molecule has 162 valence electrons. The van der Waals surface area contributed by atoms with Gasteiger partial charge >= 0.3 is 6.09 Å². The van der Waals surface area contributed by atoms with Gasteiger partial charge in [-0.25, -0.2) is 14.8 Å². The van der Waals surface area contributed by atoms with E-state index in [9.17, 15) is 9.18 Å². The van der Waals surface area contributed by atoms with Crippen LogP contribution in [0.1, 0.15) is 33.6 Å². The van der Waals surface area contributed by atoms with E-state index in [2.05, 4.69) is 9.97 Å². The van der Waals surface area contributed by atoms with E-state index in [0.29, 0.717) is 30.9 Å². The number of aromatic nitrogens is 2. The summed E-state index contributed by atoms with van der Waals surface area (Å²) in [6, 6.07) is 6.13. The number of ether oxygens (including phenoxy) is 2. The van der Waals surface area contributed by atoms with E-state index in [-0.39, 0.29) is 17.4 Å². The van der Waals surface area contributed by atoms with Crippen molar-refractivity contribution in [2.45, 2.75) is 44.1 Å². The standard InChI is InChI=1S/C21H24Cl2FN3O3/c1-20(2,3)30-19(28)27(12-21(23)8-4-10-29-13-21)18-15(22)5-6-16(26-18)14-7-9-25-17(24)11-14/h5-7,9,11H,4,8,10,12-13H2,1-3H3. The van der Waals surface area contributed by atoms with Gasteiger partial charge in [-0.3, -0.25) is 4.90 Å². The predicted molar refractivity (Wildman–Crippen MR) is 115 cm³/mol. The van der Waals surface area contributed by atoms with Crippen molar-refractivity contribution < 1.29 is 18.7 Å². The average Bonchev–Trinajstić information content (AvgIpc) is 2.66. The zero-order valence-electron chi connectivity index (χ0n) is 17.1. The minimum atomic E-state index is -0.793. The summed E-state index contributed by atoms with van der Waals surface area (Å²) < 4.78 is 24.7. The Morgan fingerprint density at radius 1 is 1.37 bits per heavy atom. The molecule has 3 rings (SSSR count). The summed E-state index contributed by atoms with van der Waals surface area (Å²) >= 11 is 13.2. The fraction of sp³-hybridized carbons (Fsp3) is 0.476. The quantitative estimate of drug-likeness (QED) is 0.451. The molecule has 1 aliphatic rings. The molecule has 0 aromatic carbocycles. The van der Waals surface area contributed by atoms with Crippen LogP contribution in [-0.2, 0) is 9.47 Å². The third-order valence-corrected chi connectivity index (χ3v) is 5.15. The first-order valence-corrected chi connectivity index (χ1v) is 10.4. The van der Waals surface area contributed by atoms with Crippen molar-refractivity contribution in [2.24, 2.45) is 0 Å². The molecular weight excluding hydrogens is 432 g/mol.